The standard InChI is InChI=1S/C20H30N6OS.ClH/c1-14-9-19(28-15(14)2)20(27)25-7-3-16(4-8-25)10-26-13-18(22-23-26)12-24-6-5-17(21)11-24;/h9,13,16-17H,3-8,10-12,21H2,1-2H3;1H/t17-;/m1./s1. The lowest BCUT2D eigenvalue weighted by Crippen LogP contribution is -2.39. The Bertz CT molecular complexity index is 809. The Hall–Kier alpha value is -1.48. The van der Waals surface area contributed by atoms with Gasteiger partial charge in [0.2, 0.25) is 0 Å². The molecule has 2 fully saturated rings. The number of carbonyl (C=O) groups is 1. The molecule has 160 valence electrons. The summed E-state index contributed by atoms with van der Waals surface area (Å²) in [4.78, 5) is 19.2. The Balaban J connectivity index is 0.00000240. The molecule has 0 spiro atoms. The van der Waals surface area contributed by atoms with E-state index in [1.807, 2.05) is 15.6 Å². The van der Waals surface area contributed by atoms with Gasteiger partial charge in [-0.3, -0.25) is 14.4 Å². The molecule has 29 heavy (non-hydrogen) atoms. The second-order valence-electron chi connectivity index (χ2n) is 8.30. The van der Waals surface area contributed by atoms with E-state index in [0.717, 1.165) is 69.1 Å². The van der Waals surface area contributed by atoms with Gasteiger partial charge < -0.3 is 10.6 Å². The number of aryl methyl sites for hydroxylation is 2. The summed E-state index contributed by atoms with van der Waals surface area (Å²) in [6, 6.07) is 2.32. The monoisotopic (exact) mass is 438 g/mol. The molecule has 2 N–H and O–H groups in total. The van der Waals surface area contributed by atoms with Crippen LogP contribution in [0.25, 0.3) is 0 Å². The van der Waals surface area contributed by atoms with Crippen molar-refractivity contribution in [3.05, 3.63) is 33.3 Å². The maximum atomic E-state index is 12.7. The van der Waals surface area contributed by atoms with E-state index in [1.54, 1.807) is 11.3 Å². The van der Waals surface area contributed by atoms with E-state index in [0.29, 0.717) is 12.0 Å². The molecule has 2 aromatic rings. The molecular formula is C20H31ClN6OS. The van der Waals surface area contributed by atoms with Gasteiger partial charge in [0.05, 0.1) is 10.6 Å². The molecule has 9 heteroatoms. The van der Waals surface area contributed by atoms with Gasteiger partial charge in [0.25, 0.3) is 5.91 Å². The highest BCUT2D eigenvalue weighted by atomic mass is 35.5. The summed E-state index contributed by atoms with van der Waals surface area (Å²) < 4.78 is 1.97. The molecule has 1 atom stereocenters. The first-order valence-corrected chi connectivity index (χ1v) is 11.0. The highest BCUT2D eigenvalue weighted by Crippen LogP contribution is 2.25. The molecule has 0 aromatic carbocycles. The van der Waals surface area contributed by atoms with Crippen LogP contribution in [0.1, 0.15) is 45.1 Å². The normalized spacial score (nSPS) is 20.8. The molecule has 0 unspecified atom stereocenters. The molecule has 2 aliphatic rings. The molecule has 2 saturated heterocycles. The molecule has 0 radical (unpaired) electrons. The fraction of sp³-hybridized carbons (Fsp3) is 0.650. The molecule has 0 saturated carbocycles. The SMILES string of the molecule is Cc1cc(C(=O)N2CCC(Cn3cc(CN4CC[C@@H](N)C4)nn3)CC2)sc1C.Cl. The van der Waals surface area contributed by atoms with Crippen LogP contribution in [-0.2, 0) is 13.1 Å². The predicted octanol–water partition coefficient (Wildman–Crippen LogP) is 2.46. The first kappa shape index (κ1) is 22.2. The number of carbonyl (C=O) groups excluding carboxylic acids is 1. The van der Waals surface area contributed by atoms with Gasteiger partial charge in [0.1, 0.15) is 0 Å². The quantitative estimate of drug-likeness (QED) is 0.775. The van der Waals surface area contributed by atoms with E-state index in [1.165, 1.54) is 10.4 Å². The third-order valence-corrected chi connectivity index (χ3v) is 7.14. The summed E-state index contributed by atoms with van der Waals surface area (Å²) in [6.45, 7) is 9.50. The molecule has 7 nitrogen and oxygen atoms in total. The van der Waals surface area contributed by atoms with Crippen molar-refractivity contribution in [3.63, 3.8) is 0 Å². The van der Waals surface area contributed by atoms with Crippen molar-refractivity contribution >= 4 is 29.7 Å². The molecule has 1 amide bonds. The topological polar surface area (TPSA) is 80.3 Å². The van der Waals surface area contributed by atoms with Gasteiger partial charge in [-0.15, -0.1) is 28.8 Å². The highest BCUT2D eigenvalue weighted by molar-refractivity contribution is 7.14. The van der Waals surface area contributed by atoms with Gasteiger partial charge >= 0.3 is 0 Å². The lowest BCUT2D eigenvalue weighted by molar-refractivity contribution is 0.0686. The summed E-state index contributed by atoms with van der Waals surface area (Å²) in [5, 5.41) is 8.65. The number of likely N-dealkylation sites (tertiary alicyclic amines) is 2. The van der Waals surface area contributed by atoms with E-state index in [2.05, 4.69) is 35.3 Å². The van der Waals surface area contributed by atoms with Crippen LogP contribution in [0.15, 0.2) is 12.3 Å². The number of aromatic nitrogens is 3. The minimum absolute atomic E-state index is 0. The van der Waals surface area contributed by atoms with Crippen LogP contribution in [0.3, 0.4) is 0 Å². The van der Waals surface area contributed by atoms with Crippen LogP contribution in [0.2, 0.25) is 0 Å². The van der Waals surface area contributed by atoms with Gasteiger partial charge in [-0.05, 0) is 50.7 Å². The number of nitrogens with two attached hydrogens (primary N) is 1. The average Bonchev–Trinajstić information content (AvgIpc) is 3.38. The number of amides is 1. The highest BCUT2D eigenvalue weighted by Gasteiger charge is 2.25. The molecule has 0 bridgehead atoms. The van der Waals surface area contributed by atoms with Gasteiger partial charge in [-0.25, -0.2) is 0 Å². The molecule has 4 heterocycles. The van der Waals surface area contributed by atoms with Gasteiger partial charge in [-0.1, -0.05) is 5.21 Å². The van der Waals surface area contributed by atoms with Crippen molar-refractivity contribution < 1.29 is 4.79 Å². The first-order chi connectivity index (χ1) is 13.5. The average molecular weight is 439 g/mol. The number of halogens is 1. The van der Waals surface area contributed by atoms with Crippen LogP contribution >= 0.6 is 23.7 Å². The summed E-state index contributed by atoms with van der Waals surface area (Å²) in [5.74, 6) is 0.733. The number of nitrogens with zero attached hydrogens (tertiary/aromatic N) is 5. The van der Waals surface area contributed by atoms with Crippen LogP contribution in [0.5, 0.6) is 0 Å². The van der Waals surface area contributed by atoms with Crippen LogP contribution in [0.4, 0.5) is 0 Å². The fourth-order valence-electron chi connectivity index (χ4n) is 4.15. The summed E-state index contributed by atoms with van der Waals surface area (Å²) >= 11 is 1.61. The maximum Gasteiger partial charge on any atom is 0.263 e. The van der Waals surface area contributed by atoms with Crippen LogP contribution in [0, 0.1) is 19.8 Å². The zero-order valence-electron chi connectivity index (χ0n) is 17.2. The molecular weight excluding hydrogens is 408 g/mol. The van der Waals surface area contributed by atoms with Crippen molar-refractivity contribution in [2.75, 3.05) is 26.2 Å². The smallest absolute Gasteiger partial charge is 0.263 e. The first-order valence-electron chi connectivity index (χ1n) is 10.2. The maximum absolute atomic E-state index is 12.7. The van der Waals surface area contributed by atoms with Gasteiger partial charge in [-0.2, -0.15) is 0 Å². The summed E-state index contributed by atoms with van der Waals surface area (Å²) in [6.07, 6.45) is 5.17. The number of hydrogen-bond donors (Lipinski definition) is 1. The Morgan fingerprint density at radius 3 is 2.62 bits per heavy atom. The Morgan fingerprint density at radius 1 is 1.24 bits per heavy atom. The van der Waals surface area contributed by atoms with Crippen molar-refractivity contribution in [1.82, 2.24) is 24.8 Å². The Labute approximate surface area is 182 Å². The third kappa shape index (κ3) is 5.36. The second-order valence-corrected chi connectivity index (χ2v) is 9.56. The van der Waals surface area contributed by atoms with Crippen LogP contribution < -0.4 is 5.73 Å². The van der Waals surface area contributed by atoms with E-state index < -0.39 is 0 Å². The molecule has 4 rings (SSSR count). The van der Waals surface area contributed by atoms with Crippen molar-refractivity contribution in [2.45, 2.75) is 52.2 Å². The summed E-state index contributed by atoms with van der Waals surface area (Å²) in [5.41, 5.74) is 8.20. The zero-order valence-corrected chi connectivity index (χ0v) is 18.8. The van der Waals surface area contributed by atoms with Crippen LogP contribution in [-0.4, -0.2) is 62.9 Å². The number of thiophene rings is 1. The van der Waals surface area contributed by atoms with Gasteiger partial charge in [0.15, 0.2) is 0 Å². The molecule has 0 aliphatic carbocycles. The molecule has 2 aromatic heterocycles. The summed E-state index contributed by atoms with van der Waals surface area (Å²) in [7, 11) is 0. The third-order valence-electron chi connectivity index (χ3n) is 6.00. The predicted molar refractivity (Wildman–Crippen MR) is 118 cm³/mol. The zero-order chi connectivity index (χ0) is 19.7. The van der Waals surface area contributed by atoms with E-state index in [-0.39, 0.29) is 18.3 Å². The van der Waals surface area contributed by atoms with E-state index in [4.69, 9.17) is 5.73 Å². The number of piperidine rings is 1. The minimum Gasteiger partial charge on any atom is -0.338 e. The van der Waals surface area contributed by atoms with E-state index in [9.17, 15) is 4.79 Å². The van der Waals surface area contributed by atoms with Crippen molar-refractivity contribution in [2.24, 2.45) is 11.7 Å². The largest absolute Gasteiger partial charge is 0.338 e. The Morgan fingerprint density at radius 2 is 2.00 bits per heavy atom. The van der Waals surface area contributed by atoms with E-state index >= 15 is 0 Å². The lowest BCUT2D eigenvalue weighted by atomic mass is 9.96. The number of hydrogen-bond acceptors (Lipinski definition) is 6. The second kappa shape index (κ2) is 9.55. The fourth-order valence-corrected chi connectivity index (χ4v) is 5.15. The Kier molecular flexibility index (Phi) is 7.32. The molecule has 2 aliphatic heterocycles. The van der Waals surface area contributed by atoms with Gasteiger partial charge in [0, 0.05) is 56.4 Å². The van der Waals surface area contributed by atoms with Crippen molar-refractivity contribution in [1.29, 1.82) is 0 Å². The van der Waals surface area contributed by atoms with Crippen molar-refractivity contribution in [3.8, 4) is 0 Å². The lowest BCUT2D eigenvalue weighted by Gasteiger charge is -2.31. The minimum atomic E-state index is 0. The number of rotatable bonds is 5.